The zero-order valence-electron chi connectivity index (χ0n) is 12.1. The van der Waals surface area contributed by atoms with Gasteiger partial charge < -0.3 is 14.8 Å². The van der Waals surface area contributed by atoms with E-state index in [0.717, 1.165) is 29.2 Å². The fraction of sp³-hybridized carbons (Fsp3) is 0.294. The minimum atomic E-state index is 0.537. The highest BCUT2D eigenvalue weighted by Crippen LogP contribution is 2.18. The largest absolute Gasteiger partial charge is 0.490 e. The standard InChI is InChI=1S/C17H21NO2/c1-14-7-3-5-9-16(14)19-11-12-20-17-10-6-4-8-15(17)13-18-2/h3-10,18H,11-13H2,1-2H3. The molecule has 0 aliphatic carbocycles. The number of ether oxygens (including phenoxy) is 2. The third-order valence-electron chi connectivity index (χ3n) is 3.03. The van der Waals surface area contributed by atoms with Gasteiger partial charge in [-0.05, 0) is 31.7 Å². The van der Waals surface area contributed by atoms with E-state index in [1.54, 1.807) is 0 Å². The first-order valence-electron chi connectivity index (χ1n) is 6.85. The zero-order chi connectivity index (χ0) is 14.2. The molecule has 0 aliphatic rings. The molecular weight excluding hydrogens is 250 g/mol. The van der Waals surface area contributed by atoms with E-state index in [4.69, 9.17) is 9.47 Å². The van der Waals surface area contributed by atoms with Crippen LogP contribution in [0.15, 0.2) is 48.5 Å². The smallest absolute Gasteiger partial charge is 0.123 e. The third kappa shape index (κ3) is 4.00. The summed E-state index contributed by atoms with van der Waals surface area (Å²) >= 11 is 0. The summed E-state index contributed by atoms with van der Waals surface area (Å²) in [6.45, 7) is 3.92. The van der Waals surface area contributed by atoms with E-state index in [9.17, 15) is 0 Å². The van der Waals surface area contributed by atoms with Crippen LogP contribution in [0.25, 0.3) is 0 Å². The summed E-state index contributed by atoms with van der Waals surface area (Å²) in [5.41, 5.74) is 2.30. The van der Waals surface area contributed by atoms with Crippen molar-refractivity contribution in [2.45, 2.75) is 13.5 Å². The molecule has 0 bridgehead atoms. The number of aryl methyl sites for hydroxylation is 1. The van der Waals surface area contributed by atoms with Crippen LogP contribution in [0.2, 0.25) is 0 Å². The molecule has 0 heterocycles. The van der Waals surface area contributed by atoms with Crippen LogP contribution < -0.4 is 14.8 Å². The summed E-state index contributed by atoms with van der Waals surface area (Å²) in [5, 5.41) is 3.14. The number of nitrogens with one attached hydrogen (secondary N) is 1. The van der Waals surface area contributed by atoms with Crippen molar-refractivity contribution in [2.24, 2.45) is 0 Å². The Morgan fingerprint density at radius 3 is 2.15 bits per heavy atom. The first-order valence-corrected chi connectivity index (χ1v) is 6.85. The summed E-state index contributed by atoms with van der Waals surface area (Å²) in [6.07, 6.45) is 0. The quantitative estimate of drug-likeness (QED) is 0.785. The van der Waals surface area contributed by atoms with Crippen molar-refractivity contribution in [2.75, 3.05) is 20.3 Å². The summed E-state index contributed by atoms with van der Waals surface area (Å²) in [7, 11) is 1.93. The Morgan fingerprint density at radius 1 is 0.850 bits per heavy atom. The van der Waals surface area contributed by atoms with Gasteiger partial charge in [0.1, 0.15) is 24.7 Å². The maximum absolute atomic E-state index is 5.79. The molecule has 0 fully saturated rings. The maximum atomic E-state index is 5.79. The number of para-hydroxylation sites is 2. The summed E-state index contributed by atoms with van der Waals surface area (Å²) in [5.74, 6) is 1.83. The van der Waals surface area contributed by atoms with Gasteiger partial charge in [0.25, 0.3) is 0 Å². The van der Waals surface area contributed by atoms with Gasteiger partial charge in [0.05, 0.1) is 0 Å². The molecule has 3 nitrogen and oxygen atoms in total. The molecule has 0 radical (unpaired) electrons. The van der Waals surface area contributed by atoms with Crippen molar-refractivity contribution in [3.8, 4) is 11.5 Å². The Morgan fingerprint density at radius 2 is 1.45 bits per heavy atom. The van der Waals surface area contributed by atoms with Crippen molar-refractivity contribution >= 4 is 0 Å². The van der Waals surface area contributed by atoms with Crippen molar-refractivity contribution in [3.63, 3.8) is 0 Å². The van der Waals surface area contributed by atoms with E-state index in [0.29, 0.717) is 13.2 Å². The van der Waals surface area contributed by atoms with Gasteiger partial charge in [0, 0.05) is 12.1 Å². The Hall–Kier alpha value is -2.00. The molecule has 2 aromatic carbocycles. The van der Waals surface area contributed by atoms with Crippen LogP contribution in [0.4, 0.5) is 0 Å². The maximum Gasteiger partial charge on any atom is 0.123 e. The first kappa shape index (κ1) is 14.4. The van der Waals surface area contributed by atoms with E-state index < -0.39 is 0 Å². The van der Waals surface area contributed by atoms with Gasteiger partial charge in [-0.2, -0.15) is 0 Å². The summed E-state index contributed by atoms with van der Waals surface area (Å²) < 4.78 is 11.5. The van der Waals surface area contributed by atoms with Gasteiger partial charge in [0.2, 0.25) is 0 Å². The Balaban J connectivity index is 1.83. The molecule has 0 atom stereocenters. The summed E-state index contributed by atoms with van der Waals surface area (Å²) in [6, 6.07) is 16.1. The van der Waals surface area contributed by atoms with Crippen LogP contribution in [0.1, 0.15) is 11.1 Å². The molecule has 2 rings (SSSR count). The lowest BCUT2D eigenvalue weighted by Crippen LogP contribution is -2.12. The average Bonchev–Trinajstić information content (AvgIpc) is 2.47. The molecule has 0 aliphatic heterocycles. The second kappa shape index (κ2) is 7.56. The van der Waals surface area contributed by atoms with Crippen LogP contribution in [-0.2, 0) is 6.54 Å². The fourth-order valence-electron chi connectivity index (χ4n) is 2.00. The highest BCUT2D eigenvalue weighted by atomic mass is 16.5. The number of hydrogen-bond acceptors (Lipinski definition) is 3. The van der Waals surface area contributed by atoms with Gasteiger partial charge in [-0.1, -0.05) is 36.4 Å². The lowest BCUT2D eigenvalue weighted by Gasteiger charge is -2.12. The van der Waals surface area contributed by atoms with Gasteiger partial charge >= 0.3 is 0 Å². The van der Waals surface area contributed by atoms with Crippen molar-refractivity contribution in [1.29, 1.82) is 0 Å². The summed E-state index contributed by atoms with van der Waals surface area (Å²) in [4.78, 5) is 0. The Kier molecular flexibility index (Phi) is 5.44. The highest BCUT2D eigenvalue weighted by Gasteiger charge is 2.02. The molecule has 106 valence electrons. The van der Waals surface area contributed by atoms with Gasteiger partial charge in [0.15, 0.2) is 0 Å². The molecule has 1 N–H and O–H groups in total. The number of benzene rings is 2. The van der Waals surface area contributed by atoms with Crippen LogP contribution in [-0.4, -0.2) is 20.3 Å². The minimum Gasteiger partial charge on any atom is -0.490 e. The topological polar surface area (TPSA) is 30.5 Å². The second-order valence-electron chi connectivity index (χ2n) is 4.60. The predicted octanol–water partition coefficient (Wildman–Crippen LogP) is 3.17. The van der Waals surface area contributed by atoms with Crippen LogP contribution >= 0.6 is 0 Å². The molecule has 2 aromatic rings. The lowest BCUT2D eigenvalue weighted by molar-refractivity contribution is 0.215. The Labute approximate surface area is 120 Å². The zero-order valence-corrected chi connectivity index (χ0v) is 12.1. The SMILES string of the molecule is CNCc1ccccc1OCCOc1ccccc1C. The second-order valence-corrected chi connectivity index (χ2v) is 4.60. The van der Waals surface area contributed by atoms with Crippen molar-refractivity contribution < 1.29 is 9.47 Å². The molecule has 0 saturated heterocycles. The molecule has 3 heteroatoms. The molecule has 0 spiro atoms. The van der Waals surface area contributed by atoms with E-state index in [1.165, 1.54) is 0 Å². The highest BCUT2D eigenvalue weighted by molar-refractivity contribution is 5.33. The van der Waals surface area contributed by atoms with Crippen LogP contribution in [0.5, 0.6) is 11.5 Å². The van der Waals surface area contributed by atoms with E-state index in [2.05, 4.69) is 11.4 Å². The molecule has 0 aromatic heterocycles. The molecule has 0 unspecified atom stereocenters. The molecule has 0 amide bonds. The lowest BCUT2D eigenvalue weighted by atomic mass is 10.2. The average molecular weight is 271 g/mol. The van der Waals surface area contributed by atoms with Crippen LogP contribution in [0, 0.1) is 6.92 Å². The number of rotatable bonds is 7. The van der Waals surface area contributed by atoms with Crippen molar-refractivity contribution in [3.05, 3.63) is 59.7 Å². The predicted molar refractivity (Wildman–Crippen MR) is 81.4 cm³/mol. The van der Waals surface area contributed by atoms with Crippen molar-refractivity contribution in [1.82, 2.24) is 5.32 Å². The monoisotopic (exact) mass is 271 g/mol. The van der Waals surface area contributed by atoms with Crippen LogP contribution in [0.3, 0.4) is 0 Å². The van der Waals surface area contributed by atoms with Gasteiger partial charge in [-0.3, -0.25) is 0 Å². The molecule has 20 heavy (non-hydrogen) atoms. The fourth-order valence-corrected chi connectivity index (χ4v) is 2.00. The molecule has 0 saturated carbocycles. The minimum absolute atomic E-state index is 0.537. The van der Waals surface area contributed by atoms with E-state index >= 15 is 0 Å². The molecular formula is C17H21NO2. The first-order chi connectivity index (χ1) is 9.81. The Bertz CT molecular complexity index is 540. The van der Waals surface area contributed by atoms with E-state index in [1.807, 2.05) is 56.4 Å². The third-order valence-corrected chi connectivity index (χ3v) is 3.03. The van der Waals surface area contributed by atoms with E-state index in [-0.39, 0.29) is 0 Å². The number of hydrogen-bond donors (Lipinski definition) is 1. The normalized spacial score (nSPS) is 10.3. The van der Waals surface area contributed by atoms with Gasteiger partial charge in [-0.25, -0.2) is 0 Å². The van der Waals surface area contributed by atoms with Gasteiger partial charge in [-0.15, -0.1) is 0 Å².